The zero-order valence-corrected chi connectivity index (χ0v) is 22.3. The summed E-state index contributed by atoms with van der Waals surface area (Å²) in [5, 5.41) is 11.5. The molecule has 5 atom stereocenters. The maximum atomic E-state index is 13.6. The van der Waals surface area contributed by atoms with E-state index in [-0.39, 0.29) is 36.5 Å². The van der Waals surface area contributed by atoms with Crippen LogP contribution in [0.5, 0.6) is 0 Å². The third kappa shape index (κ3) is 5.83. The molecule has 1 aliphatic rings. The van der Waals surface area contributed by atoms with Crippen LogP contribution in [0.2, 0.25) is 18.1 Å². The number of carbonyl (C=O) groups excluding carboxylic acids is 1. The van der Waals surface area contributed by atoms with Gasteiger partial charge < -0.3 is 28.1 Å². The van der Waals surface area contributed by atoms with Gasteiger partial charge in [0.2, 0.25) is 0 Å². The van der Waals surface area contributed by atoms with Crippen LogP contribution in [0.1, 0.15) is 61.8 Å². The smallest absolute Gasteiger partial charge is 0.389 e. The van der Waals surface area contributed by atoms with E-state index < -0.39 is 39.6 Å². The molecule has 0 bridgehead atoms. The summed E-state index contributed by atoms with van der Waals surface area (Å²) in [5.74, 6) is -0.702. The van der Waals surface area contributed by atoms with Crippen molar-refractivity contribution in [3.8, 4) is 0 Å². The van der Waals surface area contributed by atoms with Gasteiger partial charge in [0.15, 0.2) is 8.32 Å². The van der Waals surface area contributed by atoms with E-state index in [2.05, 4.69) is 33.9 Å². The molecule has 0 aromatic rings. The summed E-state index contributed by atoms with van der Waals surface area (Å²) in [6.07, 6.45) is -0.318. The molecule has 0 saturated carbocycles. The topological polar surface area (TPSA) is 91.3 Å². The minimum atomic E-state index is -4.04. The maximum Gasteiger partial charge on any atom is 0.389 e. The monoisotopic (exact) mass is 466 g/mol. The first-order valence-electron chi connectivity index (χ1n) is 11.0. The molecule has 7 nitrogen and oxygen atoms in total. The molecule has 1 rings (SSSR count). The van der Waals surface area contributed by atoms with Crippen molar-refractivity contribution in [2.75, 3.05) is 13.2 Å². The number of rotatable bonds is 10. The highest BCUT2D eigenvalue weighted by Crippen LogP contribution is 2.64. The van der Waals surface area contributed by atoms with Gasteiger partial charge in [-0.25, -0.2) is 0 Å². The van der Waals surface area contributed by atoms with Gasteiger partial charge in [0, 0.05) is 18.3 Å². The van der Waals surface area contributed by atoms with E-state index >= 15 is 0 Å². The molecule has 0 amide bonds. The third-order valence-electron chi connectivity index (χ3n) is 6.48. The summed E-state index contributed by atoms with van der Waals surface area (Å²) in [6, 6.07) is 0. The highest BCUT2D eigenvalue weighted by Gasteiger charge is 2.60. The highest BCUT2D eigenvalue weighted by atomic mass is 31.2. The Morgan fingerprint density at radius 1 is 1.23 bits per heavy atom. The Labute approximate surface area is 183 Å². The van der Waals surface area contributed by atoms with Crippen LogP contribution >= 0.6 is 7.60 Å². The maximum absolute atomic E-state index is 13.6. The van der Waals surface area contributed by atoms with Gasteiger partial charge in [0.1, 0.15) is 6.29 Å². The molecule has 178 valence electrons. The summed E-state index contributed by atoms with van der Waals surface area (Å²) in [5.41, 5.74) is -2.18. The summed E-state index contributed by atoms with van der Waals surface area (Å²) < 4.78 is 37.2. The van der Waals surface area contributed by atoms with Crippen LogP contribution in [0.3, 0.4) is 0 Å². The lowest BCUT2D eigenvalue weighted by molar-refractivity contribution is -0.258. The summed E-state index contributed by atoms with van der Waals surface area (Å²) >= 11 is 0. The molecule has 1 fully saturated rings. The minimum absolute atomic E-state index is 0.0237. The van der Waals surface area contributed by atoms with Crippen LogP contribution in [0, 0.1) is 17.8 Å². The van der Waals surface area contributed by atoms with Gasteiger partial charge in [-0.2, -0.15) is 0 Å². The average Bonchev–Trinajstić information content (AvgIpc) is 2.58. The number of carbonyl (C=O) groups is 1. The lowest BCUT2D eigenvalue weighted by atomic mass is 9.80. The first-order valence-corrected chi connectivity index (χ1v) is 15.5. The van der Waals surface area contributed by atoms with Gasteiger partial charge in [-0.3, -0.25) is 4.57 Å². The largest absolute Gasteiger partial charge is 0.413 e. The molecule has 1 N–H and O–H groups in total. The zero-order valence-electron chi connectivity index (χ0n) is 20.4. The van der Waals surface area contributed by atoms with Crippen molar-refractivity contribution in [3.05, 3.63) is 0 Å². The molecule has 0 spiro atoms. The quantitative estimate of drug-likeness (QED) is 0.269. The van der Waals surface area contributed by atoms with Gasteiger partial charge >= 0.3 is 7.60 Å². The second-order valence-electron chi connectivity index (χ2n) is 10.1. The first kappa shape index (κ1) is 28.0. The fourth-order valence-corrected chi connectivity index (χ4v) is 6.76. The number of hydrogen-bond donors (Lipinski definition) is 1. The van der Waals surface area contributed by atoms with Crippen LogP contribution in [0.4, 0.5) is 0 Å². The van der Waals surface area contributed by atoms with Crippen molar-refractivity contribution < 1.29 is 32.7 Å². The van der Waals surface area contributed by atoms with E-state index in [4.69, 9.17) is 18.2 Å². The third-order valence-corrected chi connectivity index (χ3v) is 13.3. The van der Waals surface area contributed by atoms with Crippen LogP contribution in [-0.2, 0) is 27.6 Å². The number of aldehydes is 1. The van der Waals surface area contributed by atoms with Gasteiger partial charge in [0.25, 0.3) is 5.53 Å². The summed E-state index contributed by atoms with van der Waals surface area (Å²) in [6.45, 7) is 20.1. The van der Waals surface area contributed by atoms with E-state index in [9.17, 15) is 14.5 Å². The fourth-order valence-electron chi connectivity index (χ4n) is 3.54. The van der Waals surface area contributed by atoms with Crippen molar-refractivity contribution in [1.82, 2.24) is 0 Å². The number of aliphatic hydroxyl groups is 1. The molecule has 1 saturated heterocycles. The second kappa shape index (κ2) is 10.2. The van der Waals surface area contributed by atoms with Crippen molar-refractivity contribution in [2.45, 2.75) is 97.7 Å². The summed E-state index contributed by atoms with van der Waals surface area (Å²) in [4.78, 5) is 11.9. The van der Waals surface area contributed by atoms with E-state index in [0.29, 0.717) is 0 Å². The molecule has 0 aromatic heterocycles. The Morgan fingerprint density at radius 2 is 1.73 bits per heavy atom. The van der Waals surface area contributed by atoms with E-state index in [1.54, 1.807) is 13.8 Å². The van der Waals surface area contributed by atoms with Crippen LogP contribution in [0.15, 0.2) is 0 Å². The van der Waals surface area contributed by atoms with E-state index in [1.165, 1.54) is 0 Å². The summed E-state index contributed by atoms with van der Waals surface area (Å²) in [7, 11) is -6.26. The Hall–Kier alpha value is -0.0831. The highest BCUT2D eigenvalue weighted by molar-refractivity contribution is 7.55. The van der Waals surface area contributed by atoms with E-state index in [0.717, 1.165) is 6.29 Å². The molecule has 9 heteroatoms. The van der Waals surface area contributed by atoms with Gasteiger partial charge in [0.05, 0.1) is 25.4 Å². The SMILES string of the molecule is CCOP(=O)(OCC)C1(O)C[C@@H](O[Si](C)(C)C(C)(C)C)[C@H](C)[C@H]([C@H](C=O)C(C)C)O1. The van der Waals surface area contributed by atoms with Crippen molar-refractivity contribution >= 4 is 22.2 Å². The molecular formula is C21H43O7PSi. The van der Waals surface area contributed by atoms with Crippen LogP contribution < -0.4 is 0 Å². The van der Waals surface area contributed by atoms with Crippen molar-refractivity contribution in [3.63, 3.8) is 0 Å². The molecule has 0 aromatic carbocycles. The number of ether oxygens (including phenoxy) is 1. The Balaban J connectivity index is 3.48. The lowest BCUT2D eigenvalue weighted by Crippen LogP contribution is -2.58. The van der Waals surface area contributed by atoms with Gasteiger partial charge in [-0.05, 0) is 37.9 Å². The number of hydrogen-bond acceptors (Lipinski definition) is 7. The van der Waals surface area contributed by atoms with Crippen molar-refractivity contribution in [1.29, 1.82) is 0 Å². The molecule has 1 unspecified atom stereocenters. The Morgan fingerprint density at radius 3 is 2.10 bits per heavy atom. The first-order chi connectivity index (χ1) is 13.6. The lowest BCUT2D eigenvalue weighted by Gasteiger charge is -2.51. The van der Waals surface area contributed by atoms with Gasteiger partial charge in [-0.1, -0.05) is 41.5 Å². The predicted molar refractivity (Wildman–Crippen MR) is 121 cm³/mol. The molecule has 30 heavy (non-hydrogen) atoms. The Bertz CT molecular complexity index is 609. The molecule has 0 aliphatic carbocycles. The van der Waals surface area contributed by atoms with Gasteiger partial charge in [-0.15, -0.1) is 0 Å². The van der Waals surface area contributed by atoms with Crippen LogP contribution in [0.25, 0.3) is 0 Å². The van der Waals surface area contributed by atoms with Crippen LogP contribution in [-0.4, -0.2) is 50.7 Å². The molecule has 0 radical (unpaired) electrons. The molecular weight excluding hydrogens is 423 g/mol. The van der Waals surface area contributed by atoms with Crippen molar-refractivity contribution in [2.24, 2.45) is 17.8 Å². The second-order valence-corrected chi connectivity index (χ2v) is 17.1. The molecule has 1 heterocycles. The minimum Gasteiger partial charge on any atom is -0.413 e. The standard InChI is InChI=1S/C21H43O7PSi/c1-11-25-29(24,26-12-2)21(23)13-18(28-30(9,10)20(6,7)8)16(5)19(27-21)17(14-22)15(3)4/h14-19,23H,11-13H2,1-10H3/t16-,17+,18+,19+,21?/m0/s1. The average molecular weight is 467 g/mol. The van der Waals surface area contributed by atoms with E-state index in [1.807, 2.05) is 20.8 Å². The molecule has 1 aliphatic heterocycles. The zero-order chi connectivity index (χ0) is 23.5. The predicted octanol–water partition coefficient (Wildman–Crippen LogP) is 5.19. The fraction of sp³-hybridized carbons (Fsp3) is 0.952. The normalized spacial score (nSPS) is 29.8. The Kier molecular flexibility index (Phi) is 9.54.